The Morgan fingerprint density at radius 1 is 1.00 bits per heavy atom. The molecule has 0 aromatic heterocycles. The molecule has 0 aromatic rings. The maximum Gasteiger partial charge on any atom is 0.211 e. The monoisotopic (exact) mass is 196 g/mol. The van der Waals surface area contributed by atoms with Gasteiger partial charge in [0.2, 0.25) is 5.96 Å². The van der Waals surface area contributed by atoms with Crippen LogP contribution in [0.5, 0.6) is 0 Å². The van der Waals surface area contributed by atoms with E-state index >= 15 is 0 Å². The van der Waals surface area contributed by atoms with Gasteiger partial charge in [-0.25, -0.2) is 0 Å². The first-order valence-electron chi connectivity index (χ1n) is 5.41. The number of rotatable bonds is 2. The van der Waals surface area contributed by atoms with E-state index in [-0.39, 0.29) is 5.96 Å². The summed E-state index contributed by atoms with van der Waals surface area (Å²) in [5.74, 6) is 0.602. The molecule has 80 valence electrons. The zero-order chi connectivity index (χ0) is 10.2. The topological polar surface area (TPSA) is 76.8 Å². The highest BCUT2D eigenvalue weighted by molar-refractivity contribution is 5.76. The van der Waals surface area contributed by atoms with Crippen molar-refractivity contribution in [3.8, 4) is 0 Å². The van der Waals surface area contributed by atoms with E-state index in [4.69, 9.17) is 11.5 Å². The maximum absolute atomic E-state index is 5.18. The van der Waals surface area contributed by atoms with Gasteiger partial charge < -0.3 is 11.5 Å². The summed E-state index contributed by atoms with van der Waals surface area (Å²) in [6, 6.07) is 0. The minimum atomic E-state index is 0.0343. The molecule has 0 unspecified atom stereocenters. The van der Waals surface area contributed by atoms with Crippen LogP contribution < -0.4 is 11.5 Å². The predicted molar refractivity (Wildman–Crippen MR) is 60.1 cm³/mol. The van der Waals surface area contributed by atoms with Crippen molar-refractivity contribution >= 4 is 12.2 Å². The van der Waals surface area contributed by atoms with Gasteiger partial charge in [0.05, 0.1) is 0 Å². The molecule has 0 radical (unpaired) electrons. The van der Waals surface area contributed by atoms with Gasteiger partial charge in [-0.15, -0.1) is 5.10 Å². The van der Waals surface area contributed by atoms with E-state index in [2.05, 4.69) is 10.2 Å². The highest BCUT2D eigenvalue weighted by Crippen LogP contribution is 2.20. The summed E-state index contributed by atoms with van der Waals surface area (Å²) in [4.78, 5) is 0. The van der Waals surface area contributed by atoms with Gasteiger partial charge in [0, 0.05) is 6.21 Å². The van der Waals surface area contributed by atoms with Crippen LogP contribution in [0.4, 0.5) is 0 Å². The van der Waals surface area contributed by atoms with Crippen LogP contribution in [0.25, 0.3) is 0 Å². The molecule has 4 heteroatoms. The Labute approximate surface area is 85.5 Å². The number of hydrogen-bond donors (Lipinski definition) is 2. The fraction of sp³-hybridized carbons (Fsp3) is 0.800. The Morgan fingerprint density at radius 2 is 1.57 bits per heavy atom. The van der Waals surface area contributed by atoms with E-state index in [1.54, 1.807) is 0 Å². The van der Waals surface area contributed by atoms with Crippen LogP contribution >= 0.6 is 0 Å². The van der Waals surface area contributed by atoms with Crippen LogP contribution in [0.1, 0.15) is 44.9 Å². The zero-order valence-corrected chi connectivity index (χ0v) is 8.65. The summed E-state index contributed by atoms with van der Waals surface area (Å²) in [5, 5.41) is 7.49. The Hall–Kier alpha value is -1.06. The van der Waals surface area contributed by atoms with Crippen LogP contribution in [0.15, 0.2) is 10.2 Å². The normalized spacial score (nSPS) is 20.3. The number of nitrogens with two attached hydrogens (primary N) is 2. The van der Waals surface area contributed by atoms with Crippen molar-refractivity contribution in [1.29, 1.82) is 0 Å². The van der Waals surface area contributed by atoms with Gasteiger partial charge in [-0.05, 0) is 18.8 Å². The molecule has 1 rings (SSSR count). The maximum atomic E-state index is 5.18. The molecule has 1 fully saturated rings. The second-order valence-corrected chi connectivity index (χ2v) is 3.89. The molecule has 1 aliphatic carbocycles. The summed E-state index contributed by atoms with van der Waals surface area (Å²) in [6.07, 6.45) is 11.0. The van der Waals surface area contributed by atoms with Crippen LogP contribution in [0.2, 0.25) is 0 Å². The van der Waals surface area contributed by atoms with Gasteiger partial charge in [0.25, 0.3) is 0 Å². The summed E-state index contributed by atoms with van der Waals surface area (Å²) >= 11 is 0. The van der Waals surface area contributed by atoms with E-state index in [1.807, 2.05) is 6.21 Å². The van der Waals surface area contributed by atoms with Gasteiger partial charge in [0.15, 0.2) is 0 Å². The average Bonchev–Trinajstić information content (AvgIpc) is 2.07. The predicted octanol–water partition coefficient (Wildman–Crippen LogP) is 1.61. The van der Waals surface area contributed by atoms with Gasteiger partial charge in [-0.1, -0.05) is 32.1 Å². The first-order chi connectivity index (χ1) is 6.79. The Morgan fingerprint density at radius 3 is 2.14 bits per heavy atom. The van der Waals surface area contributed by atoms with E-state index in [9.17, 15) is 0 Å². The lowest BCUT2D eigenvalue weighted by Gasteiger charge is -2.14. The van der Waals surface area contributed by atoms with Crippen molar-refractivity contribution in [1.82, 2.24) is 0 Å². The van der Waals surface area contributed by atoms with E-state index in [0.29, 0.717) is 5.92 Å². The molecule has 0 saturated heterocycles. The molecule has 0 atom stereocenters. The van der Waals surface area contributed by atoms with Crippen LogP contribution in [-0.4, -0.2) is 12.2 Å². The molecule has 0 heterocycles. The molecule has 0 spiro atoms. The van der Waals surface area contributed by atoms with Crippen LogP contribution in [0.3, 0.4) is 0 Å². The molecule has 1 aliphatic rings. The molecule has 4 nitrogen and oxygen atoms in total. The van der Waals surface area contributed by atoms with Gasteiger partial charge >= 0.3 is 0 Å². The van der Waals surface area contributed by atoms with Crippen molar-refractivity contribution in [3.05, 3.63) is 0 Å². The molecule has 14 heavy (non-hydrogen) atoms. The van der Waals surface area contributed by atoms with Crippen molar-refractivity contribution < 1.29 is 0 Å². The molecule has 0 bridgehead atoms. The van der Waals surface area contributed by atoms with Crippen molar-refractivity contribution in [2.45, 2.75) is 44.9 Å². The lowest BCUT2D eigenvalue weighted by atomic mass is 9.92. The molecule has 4 N–H and O–H groups in total. The smallest absolute Gasteiger partial charge is 0.211 e. The van der Waals surface area contributed by atoms with E-state index in [0.717, 1.165) is 0 Å². The van der Waals surface area contributed by atoms with E-state index in [1.165, 1.54) is 44.9 Å². The zero-order valence-electron chi connectivity index (χ0n) is 8.65. The minimum absolute atomic E-state index is 0.0343. The third kappa shape index (κ3) is 4.84. The summed E-state index contributed by atoms with van der Waals surface area (Å²) in [7, 11) is 0. The molecule has 1 saturated carbocycles. The summed E-state index contributed by atoms with van der Waals surface area (Å²) in [6.45, 7) is 0. The quantitative estimate of drug-likeness (QED) is 0.400. The second kappa shape index (κ2) is 6.40. The van der Waals surface area contributed by atoms with Crippen molar-refractivity contribution in [2.24, 2.45) is 27.6 Å². The van der Waals surface area contributed by atoms with Gasteiger partial charge in [-0.2, -0.15) is 5.10 Å². The third-order valence-corrected chi connectivity index (χ3v) is 2.60. The largest absolute Gasteiger partial charge is 0.369 e. The van der Waals surface area contributed by atoms with Crippen molar-refractivity contribution in [2.75, 3.05) is 0 Å². The molecule has 0 aliphatic heterocycles. The Balaban J connectivity index is 2.33. The fourth-order valence-corrected chi connectivity index (χ4v) is 1.83. The lowest BCUT2D eigenvalue weighted by molar-refractivity contribution is 0.456. The molecular weight excluding hydrogens is 176 g/mol. The highest BCUT2D eigenvalue weighted by atomic mass is 15.3. The van der Waals surface area contributed by atoms with Gasteiger partial charge in [-0.3, -0.25) is 0 Å². The number of hydrogen-bond acceptors (Lipinski definition) is 2. The second-order valence-electron chi connectivity index (χ2n) is 3.89. The average molecular weight is 196 g/mol. The SMILES string of the molecule is NC(N)=N/N=C/C1CCCCCCC1. The lowest BCUT2D eigenvalue weighted by Crippen LogP contribution is -2.21. The minimum Gasteiger partial charge on any atom is -0.369 e. The summed E-state index contributed by atoms with van der Waals surface area (Å²) in [5.41, 5.74) is 10.4. The van der Waals surface area contributed by atoms with Gasteiger partial charge in [0.1, 0.15) is 0 Å². The number of guanidine groups is 1. The third-order valence-electron chi connectivity index (χ3n) is 2.60. The first-order valence-corrected chi connectivity index (χ1v) is 5.41. The van der Waals surface area contributed by atoms with Crippen LogP contribution in [0, 0.1) is 5.92 Å². The number of nitrogens with zero attached hydrogens (tertiary/aromatic N) is 2. The highest BCUT2D eigenvalue weighted by Gasteiger charge is 2.08. The fourth-order valence-electron chi connectivity index (χ4n) is 1.83. The molecule has 0 aromatic carbocycles. The summed E-state index contributed by atoms with van der Waals surface area (Å²) < 4.78 is 0. The Kier molecular flexibility index (Phi) is 5.04. The molecular formula is C10H20N4. The van der Waals surface area contributed by atoms with Crippen LogP contribution in [-0.2, 0) is 0 Å². The standard InChI is InChI=1S/C10H20N4/c11-10(12)14-13-8-9-6-4-2-1-3-5-7-9/h8-9H,1-7H2,(H4,11,12,14)/b13-8+. The molecule has 0 amide bonds. The first kappa shape index (κ1) is 11.0. The Bertz CT molecular complexity index is 198. The van der Waals surface area contributed by atoms with E-state index < -0.39 is 0 Å². The van der Waals surface area contributed by atoms with Crippen molar-refractivity contribution in [3.63, 3.8) is 0 Å².